The highest BCUT2D eigenvalue weighted by molar-refractivity contribution is 7.47. The minimum atomic E-state index is -1.05. The van der Waals surface area contributed by atoms with Crippen molar-refractivity contribution in [3.63, 3.8) is 0 Å². The van der Waals surface area contributed by atoms with E-state index in [1.165, 1.54) is 33.4 Å². The van der Waals surface area contributed by atoms with E-state index in [1.54, 1.807) is 0 Å². The molecule has 0 aliphatic carbocycles. The van der Waals surface area contributed by atoms with Crippen LogP contribution in [0, 0.1) is 13.8 Å². The summed E-state index contributed by atoms with van der Waals surface area (Å²) in [5.74, 6) is 2.05. The highest BCUT2D eigenvalue weighted by Crippen LogP contribution is 2.56. The average molecular weight is 427 g/mol. The molecule has 0 aromatic heterocycles. The molecular formula is C27H39O2P. The molecule has 0 fully saturated rings. The van der Waals surface area contributed by atoms with Crippen molar-refractivity contribution >= 4 is 8.38 Å². The largest absolute Gasteiger partial charge is 0.438 e. The Balaban J connectivity index is 2.02. The van der Waals surface area contributed by atoms with Gasteiger partial charge in [0.25, 0.3) is 8.38 Å². The van der Waals surface area contributed by atoms with E-state index in [0.29, 0.717) is 0 Å². The number of rotatable bonds is 2. The van der Waals surface area contributed by atoms with Crippen LogP contribution in [0.15, 0.2) is 24.3 Å². The van der Waals surface area contributed by atoms with Crippen molar-refractivity contribution in [2.24, 2.45) is 0 Å². The van der Waals surface area contributed by atoms with E-state index in [-0.39, 0.29) is 16.2 Å². The summed E-state index contributed by atoms with van der Waals surface area (Å²) >= 11 is 0. The molecule has 0 saturated heterocycles. The van der Waals surface area contributed by atoms with E-state index in [9.17, 15) is 0 Å². The van der Waals surface area contributed by atoms with Crippen LogP contribution in [0.25, 0.3) is 0 Å². The normalized spacial score (nSPS) is 17.0. The zero-order valence-electron chi connectivity index (χ0n) is 20.8. The molecule has 2 nitrogen and oxygen atoms in total. The monoisotopic (exact) mass is 426 g/mol. The summed E-state index contributed by atoms with van der Waals surface area (Å²) in [7, 11) is -1.05. The lowest BCUT2D eigenvalue weighted by molar-refractivity contribution is 0.461. The molecule has 0 spiro atoms. The summed E-state index contributed by atoms with van der Waals surface area (Å²) in [6, 6.07) is 9.15. The first-order valence-electron chi connectivity index (χ1n) is 11.0. The first kappa shape index (κ1) is 23.1. The molecule has 1 heterocycles. The van der Waals surface area contributed by atoms with Gasteiger partial charge in [-0.25, -0.2) is 0 Å². The molecule has 0 N–H and O–H groups in total. The lowest BCUT2D eigenvalue weighted by atomic mass is 9.78. The third-order valence-electron chi connectivity index (χ3n) is 5.75. The maximum Gasteiger partial charge on any atom is 0.295 e. The SMILES string of the molecule is Cc1cc(C(C)(C)C)c(OP2Cc3cc(C(C)(C)C)cc(C)c3O2)c(C(C)(C)C)c1. The number of hydrogen-bond acceptors (Lipinski definition) is 2. The van der Waals surface area contributed by atoms with E-state index in [4.69, 9.17) is 9.05 Å². The Kier molecular flexibility index (Phi) is 5.83. The number of benzene rings is 2. The van der Waals surface area contributed by atoms with Crippen molar-refractivity contribution < 1.29 is 9.05 Å². The molecule has 0 amide bonds. The molecular weight excluding hydrogens is 387 g/mol. The summed E-state index contributed by atoms with van der Waals surface area (Å²) in [6.45, 7) is 24.7. The summed E-state index contributed by atoms with van der Waals surface area (Å²) in [6.07, 6.45) is 0.844. The molecule has 0 bridgehead atoms. The summed E-state index contributed by atoms with van der Waals surface area (Å²) in [4.78, 5) is 0. The van der Waals surface area contributed by atoms with Gasteiger partial charge in [-0.05, 0) is 41.2 Å². The molecule has 1 aliphatic rings. The first-order valence-corrected chi connectivity index (χ1v) is 12.4. The van der Waals surface area contributed by atoms with Gasteiger partial charge in [0.05, 0.1) is 6.16 Å². The van der Waals surface area contributed by atoms with Gasteiger partial charge in [0, 0.05) is 16.7 Å². The Hall–Kier alpha value is -1.53. The molecule has 1 unspecified atom stereocenters. The lowest BCUT2D eigenvalue weighted by Gasteiger charge is -2.31. The van der Waals surface area contributed by atoms with Crippen LogP contribution < -0.4 is 9.05 Å². The smallest absolute Gasteiger partial charge is 0.295 e. The van der Waals surface area contributed by atoms with Gasteiger partial charge in [0.1, 0.15) is 11.5 Å². The topological polar surface area (TPSA) is 18.5 Å². The minimum Gasteiger partial charge on any atom is -0.438 e. The van der Waals surface area contributed by atoms with Crippen molar-refractivity contribution in [2.45, 2.75) is 98.6 Å². The Morgan fingerprint density at radius 1 is 0.767 bits per heavy atom. The van der Waals surface area contributed by atoms with Crippen molar-refractivity contribution in [3.05, 3.63) is 57.6 Å². The highest BCUT2D eigenvalue weighted by atomic mass is 31.2. The predicted molar refractivity (Wildman–Crippen MR) is 130 cm³/mol. The van der Waals surface area contributed by atoms with Crippen LogP contribution >= 0.6 is 8.38 Å². The molecule has 0 saturated carbocycles. The van der Waals surface area contributed by atoms with Gasteiger partial charge in [-0.3, -0.25) is 0 Å². The minimum absolute atomic E-state index is 0.00141. The van der Waals surface area contributed by atoms with Crippen molar-refractivity contribution in [1.82, 2.24) is 0 Å². The van der Waals surface area contributed by atoms with Gasteiger partial charge in [-0.2, -0.15) is 0 Å². The number of aryl methyl sites for hydroxylation is 2. The molecule has 2 aromatic carbocycles. The van der Waals surface area contributed by atoms with E-state index in [2.05, 4.69) is 100 Å². The van der Waals surface area contributed by atoms with Crippen LogP contribution in [0.4, 0.5) is 0 Å². The van der Waals surface area contributed by atoms with Gasteiger partial charge in [-0.1, -0.05) is 92.1 Å². The molecule has 3 rings (SSSR count). The molecule has 164 valence electrons. The predicted octanol–water partition coefficient (Wildman–Crippen LogP) is 8.48. The van der Waals surface area contributed by atoms with Gasteiger partial charge in [0.2, 0.25) is 0 Å². The second-order valence-electron chi connectivity index (χ2n) is 11.9. The Bertz CT molecular complexity index is 918. The Labute approximate surface area is 185 Å². The second kappa shape index (κ2) is 7.56. The lowest BCUT2D eigenvalue weighted by Crippen LogP contribution is -2.19. The van der Waals surface area contributed by atoms with Crippen LogP contribution in [0.2, 0.25) is 0 Å². The van der Waals surface area contributed by atoms with E-state index >= 15 is 0 Å². The maximum absolute atomic E-state index is 6.75. The van der Waals surface area contributed by atoms with Crippen LogP contribution in [0.1, 0.15) is 95.7 Å². The van der Waals surface area contributed by atoms with E-state index < -0.39 is 8.38 Å². The van der Waals surface area contributed by atoms with E-state index in [0.717, 1.165) is 17.7 Å². The molecule has 1 atom stereocenters. The summed E-state index contributed by atoms with van der Waals surface area (Å²) in [5, 5.41) is 0. The maximum atomic E-state index is 6.75. The van der Waals surface area contributed by atoms with Gasteiger partial charge < -0.3 is 9.05 Å². The molecule has 3 heteroatoms. The van der Waals surface area contributed by atoms with Crippen molar-refractivity contribution in [1.29, 1.82) is 0 Å². The van der Waals surface area contributed by atoms with E-state index in [1.807, 2.05) is 0 Å². The zero-order chi connectivity index (χ0) is 22.6. The van der Waals surface area contributed by atoms with Crippen molar-refractivity contribution in [2.75, 3.05) is 0 Å². The van der Waals surface area contributed by atoms with Crippen LogP contribution in [-0.2, 0) is 22.4 Å². The molecule has 0 radical (unpaired) electrons. The van der Waals surface area contributed by atoms with Crippen LogP contribution in [0.5, 0.6) is 11.5 Å². The molecule has 1 aliphatic heterocycles. The van der Waals surface area contributed by atoms with Crippen LogP contribution in [-0.4, -0.2) is 0 Å². The van der Waals surface area contributed by atoms with Gasteiger partial charge in [0.15, 0.2) is 0 Å². The van der Waals surface area contributed by atoms with Gasteiger partial charge >= 0.3 is 0 Å². The standard InChI is InChI=1S/C27H39O2P/c1-17-12-21(26(6,7)8)24(22(13-17)27(9,10)11)29-30-16-19-15-20(25(3,4)5)14-18(2)23(19)28-30/h12-15H,16H2,1-11H3. The fraction of sp³-hybridized carbons (Fsp3) is 0.556. The second-order valence-corrected chi connectivity index (χ2v) is 13.2. The Morgan fingerprint density at radius 2 is 1.30 bits per heavy atom. The highest BCUT2D eigenvalue weighted by Gasteiger charge is 2.34. The quantitative estimate of drug-likeness (QED) is 0.448. The third kappa shape index (κ3) is 4.70. The number of hydrogen-bond donors (Lipinski definition) is 0. The van der Waals surface area contributed by atoms with Crippen LogP contribution in [0.3, 0.4) is 0 Å². The summed E-state index contributed by atoms with van der Waals surface area (Å²) < 4.78 is 13.2. The van der Waals surface area contributed by atoms with Crippen molar-refractivity contribution in [3.8, 4) is 11.5 Å². The fourth-order valence-corrected chi connectivity index (χ4v) is 5.48. The Morgan fingerprint density at radius 3 is 1.77 bits per heavy atom. The third-order valence-corrected chi connectivity index (χ3v) is 7.12. The molecule has 30 heavy (non-hydrogen) atoms. The molecule has 2 aromatic rings. The first-order chi connectivity index (χ1) is 13.6. The fourth-order valence-electron chi connectivity index (χ4n) is 3.94. The summed E-state index contributed by atoms with van der Waals surface area (Å²) in [5.41, 5.74) is 7.79. The van der Waals surface area contributed by atoms with Gasteiger partial charge in [-0.15, -0.1) is 0 Å². The zero-order valence-corrected chi connectivity index (χ0v) is 21.7. The average Bonchev–Trinajstić information content (AvgIpc) is 2.96. The number of fused-ring (bicyclic) bond motifs is 1.